The van der Waals surface area contributed by atoms with Crippen molar-refractivity contribution in [1.82, 2.24) is 29.3 Å². The number of carbonyl (C=O) groups is 3. The Kier molecular flexibility index (Phi) is 10.00. The summed E-state index contributed by atoms with van der Waals surface area (Å²) in [6.07, 6.45) is 5.42. The van der Waals surface area contributed by atoms with Gasteiger partial charge in [-0.2, -0.15) is 0 Å². The van der Waals surface area contributed by atoms with Crippen LogP contribution in [0.4, 0.5) is 11.4 Å². The second-order valence-corrected chi connectivity index (χ2v) is 14.4. The van der Waals surface area contributed by atoms with Gasteiger partial charge in [0.1, 0.15) is 0 Å². The average Bonchev–Trinajstić information content (AvgIpc) is 3.66. The molecule has 2 aromatic heterocycles. The van der Waals surface area contributed by atoms with E-state index in [9.17, 15) is 14.4 Å². The van der Waals surface area contributed by atoms with E-state index < -0.39 is 0 Å². The van der Waals surface area contributed by atoms with E-state index in [2.05, 4.69) is 25.8 Å². The van der Waals surface area contributed by atoms with Crippen LogP contribution in [0.1, 0.15) is 75.3 Å². The SMILES string of the molecule is COC(=O)C1CCC(CN2CCc3c(nc(C(=O)Nc4cccc(-c5cccc(NC(=O)c6nc7c(n6C)CCNC7)c5C)c4Cl)n3C)C2)CC1. The van der Waals surface area contributed by atoms with Crippen molar-refractivity contribution in [3.63, 3.8) is 0 Å². The largest absolute Gasteiger partial charge is 0.469 e. The van der Waals surface area contributed by atoms with E-state index in [1.165, 1.54) is 7.11 Å². The second-order valence-electron chi connectivity index (χ2n) is 14.0. The topological polar surface area (TPSA) is 135 Å². The molecule has 0 saturated heterocycles. The van der Waals surface area contributed by atoms with Crippen LogP contribution in [0.5, 0.6) is 0 Å². The van der Waals surface area contributed by atoms with Crippen molar-refractivity contribution in [2.24, 2.45) is 25.9 Å². The van der Waals surface area contributed by atoms with Crippen molar-refractivity contribution in [3.8, 4) is 11.1 Å². The maximum absolute atomic E-state index is 13.7. The number of esters is 1. The molecule has 1 saturated carbocycles. The highest BCUT2D eigenvalue weighted by Crippen LogP contribution is 2.38. The molecule has 4 heterocycles. The molecule has 0 radical (unpaired) electrons. The minimum atomic E-state index is -0.329. The normalized spacial score (nSPS) is 18.8. The highest BCUT2D eigenvalue weighted by molar-refractivity contribution is 6.36. The number of halogens is 1. The molecule has 0 bridgehead atoms. The molecule has 7 rings (SSSR count). The zero-order valence-corrected chi connectivity index (χ0v) is 30.4. The Hall–Kier alpha value is -4.52. The number of carbonyl (C=O) groups excluding carboxylic acids is 3. The number of fused-ring (bicyclic) bond motifs is 2. The Morgan fingerprint density at radius 1 is 0.882 bits per heavy atom. The lowest BCUT2D eigenvalue weighted by Crippen LogP contribution is -2.36. The number of ether oxygens (including phenoxy) is 1. The van der Waals surface area contributed by atoms with Crippen molar-refractivity contribution in [1.29, 1.82) is 0 Å². The number of benzene rings is 2. The minimum Gasteiger partial charge on any atom is -0.469 e. The average molecular weight is 713 g/mol. The highest BCUT2D eigenvalue weighted by Gasteiger charge is 2.31. The summed E-state index contributed by atoms with van der Waals surface area (Å²) in [6.45, 7) is 6.00. The summed E-state index contributed by atoms with van der Waals surface area (Å²) in [6, 6.07) is 11.2. The zero-order valence-electron chi connectivity index (χ0n) is 29.6. The molecule has 13 heteroatoms. The number of anilines is 2. The van der Waals surface area contributed by atoms with E-state index in [4.69, 9.17) is 21.3 Å². The van der Waals surface area contributed by atoms with Crippen molar-refractivity contribution in [2.45, 2.75) is 58.5 Å². The maximum Gasteiger partial charge on any atom is 0.308 e. The van der Waals surface area contributed by atoms with Crippen LogP contribution in [0.2, 0.25) is 5.02 Å². The van der Waals surface area contributed by atoms with Gasteiger partial charge in [0.05, 0.1) is 35.1 Å². The summed E-state index contributed by atoms with van der Waals surface area (Å²) >= 11 is 6.99. The first-order valence-electron chi connectivity index (χ1n) is 17.7. The van der Waals surface area contributed by atoms with E-state index in [-0.39, 0.29) is 23.7 Å². The summed E-state index contributed by atoms with van der Waals surface area (Å²) < 4.78 is 8.72. The first-order valence-corrected chi connectivity index (χ1v) is 18.1. The van der Waals surface area contributed by atoms with Gasteiger partial charge in [0.2, 0.25) is 0 Å². The Labute approximate surface area is 302 Å². The molecule has 2 amide bonds. The highest BCUT2D eigenvalue weighted by atomic mass is 35.5. The van der Waals surface area contributed by atoms with E-state index in [0.717, 1.165) is 97.6 Å². The number of nitrogens with zero attached hydrogens (tertiary/aromatic N) is 5. The number of hydrogen-bond donors (Lipinski definition) is 3. The van der Waals surface area contributed by atoms with E-state index in [0.29, 0.717) is 47.1 Å². The van der Waals surface area contributed by atoms with Gasteiger partial charge in [-0.15, -0.1) is 0 Å². The number of nitrogens with one attached hydrogen (secondary N) is 3. The molecule has 0 atom stereocenters. The first-order chi connectivity index (χ1) is 24.6. The zero-order chi connectivity index (χ0) is 35.8. The van der Waals surface area contributed by atoms with Crippen LogP contribution in [0.3, 0.4) is 0 Å². The summed E-state index contributed by atoms with van der Waals surface area (Å²) in [7, 11) is 5.24. The smallest absolute Gasteiger partial charge is 0.308 e. The molecule has 1 aliphatic carbocycles. The van der Waals surface area contributed by atoms with Gasteiger partial charge in [-0.1, -0.05) is 35.9 Å². The first kappa shape index (κ1) is 34.9. The lowest BCUT2D eigenvalue weighted by atomic mass is 9.81. The van der Waals surface area contributed by atoms with Crippen molar-refractivity contribution < 1.29 is 19.1 Å². The number of methoxy groups -OCH3 is 1. The third kappa shape index (κ3) is 6.92. The van der Waals surface area contributed by atoms with Crippen molar-refractivity contribution in [3.05, 3.63) is 81.4 Å². The van der Waals surface area contributed by atoms with E-state index in [1.54, 1.807) is 6.07 Å². The maximum atomic E-state index is 13.7. The lowest BCUT2D eigenvalue weighted by molar-refractivity contribution is -0.146. The summed E-state index contributed by atoms with van der Waals surface area (Å²) in [4.78, 5) is 50.8. The molecular weight excluding hydrogens is 668 g/mol. The second kappa shape index (κ2) is 14.6. The number of hydrogen-bond acceptors (Lipinski definition) is 8. The van der Waals surface area contributed by atoms with Gasteiger partial charge in [-0.25, -0.2) is 9.97 Å². The number of rotatable bonds is 8. The number of amides is 2. The van der Waals surface area contributed by atoms with Crippen molar-refractivity contribution in [2.75, 3.05) is 37.4 Å². The van der Waals surface area contributed by atoms with Crippen LogP contribution in [0.15, 0.2) is 36.4 Å². The van der Waals surface area contributed by atoms with Gasteiger partial charge in [0.25, 0.3) is 11.8 Å². The fourth-order valence-electron chi connectivity index (χ4n) is 7.97. The fourth-order valence-corrected chi connectivity index (χ4v) is 8.24. The van der Waals surface area contributed by atoms with Crippen molar-refractivity contribution >= 4 is 40.8 Å². The van der Waals surface area contributed by atoms with Gasteiger partial charge >= 0.3 is 5.97 Å². The molecule has 4 aromatic rings. The number of imidazole rings is 2. The van der Waals surface area contributed by atoms with Crippen LogP contribution < -0.4 is 16.0 Å². The lowest BCUT2D eigenvalue weighted by Gasteiger charge is -2.33. The van der Waals surface area contributed by atoms with Crippen LogP contribution in [0.25, 0.3) is 11.1 Å². The molecule has 3 N–H and O–H groups in total. The fraction of sp³-hybridized carbons (Fsp3) is 0.447. The predicted molar refractivity (Wildman–Crippen MR) is 196 cm³/mol. The minimum absolute atomic E-state index is 0.0214. The van der Waals surface area contributed by atoms with Crippen LogP contribution >= 0.6 is 11.6 Å². The summed E-state index contributed by atoms with van der Waals surface area (Å²) in [5.74, 6) is 0.581. The molecule has 1 fully saturated rings. The molecule has 2 aliphatic heterocycles. The molecule has 51 heavy (non-hydrogen) atoms. The third-order valence-corrected chi connectivity index (χ3v) is 11.3. The molecule has 268 valence electrons. The van der Waals surface area contributed by atoms with Gasteiger partial charge in [0, 0.05) is 82.3 Å². The molecule has 0 unspecified atom stereocenters. The summed E-state index contributed by atoms with van der Waals surface area (Å²) in [5, 5.41) is 9.76. The van der Waals surface area contributed by atoms with Gasteiger partial charge < -0.3 is 29.8 Å². The number of aromatic nitrogens is 4. The Balaban J connectivity index is 1.03. The monoisotopic (exact) mass is 712 g/mol. The molecule has 0 spiro atoms. The van der Waals surface area contributed by atoms with Crippen LogP contribution in [0, 0.1) is 18.8 Å². The van der Waals surface area contributed by atoms with Gasteiger partial charge in [0.15, 0.2) is 11.6 Å². The van der Waals surface area contributed by atoms with E-state index >= 15 is 0 Å². The Morgan fingerprint density at radius 2 is 1.51 bits per heavy atom. The van der Waals surface area contributed by atoms with Gasteiger partial charge in [-0.05, 0) is 61.8 Å². The molecule has 3 aliphatic rings. The Bertz CT molecular complexity index is 1990. The quantitative estimate of drug-likeness (QED) is 0.211. The third-order valence-electron chi connectivity index (χ3n) is 10.9. The van der Waals surface area contributed by atoms with Crippen LogP contribution in [-0.2, 0) is 49.6 Å². The van der Waals surface area contributed by atoms with E-state index in [1.807, 2.05) is 60.5 Å². The van der Waals surface area contributed by atoms with Gasteiger partial charge in [-0.3, -0.25) is 19.3 Å². The predicted octanol–water partition coefficient (Wildman–Crippen LogP) is 5.27. The molecule has 2 aromatic carbocycles. The molecular formula is C38H45ClN8O4. The standard InChI is InChI=1S/C38H45ClN8O4/c1-22-25(7-5-9-27(22)43-36(48)34-41-29-19-40-17-15-31(29)45(34)2)26-8-6-10-28(33(26)39)44-37(49)35-42-30-21-47(18-16-32(30)46(35)3)20-23-11-13-24(14-12-23)38(50)51-4/h5-10,23-24,40H,11-21H2,1-4H3,(H,43,48)(H,44,49). The molecule has 12 nitrogen and oxygen atoms in total. The Morgan fingerprint density at radius 3 is 2.20 bits per heavy atom. The summed E-state index contributed by atoms with van der Waals surface area (Å²) in [5.41, 5.74) is 7.53. The van der Waals surface area contributed by atoms with Crippen LogP contribution in [-0.4, -0.2) is 68.5 Å².